The Morgan fingerprint density at radius 2 is 1.86 bits per heavy atom. The minimum absolute atomic E-state index is 0.0151. The number of nitrogens with zero attached hydrogens (tertiary/aromatic N) is 1. The van der Waals surface area contributed by atoms with Crippen molar-refractivity contribution in [2.24, 2.45) is 0 Å². The van der Waals surface area contributed by atoms with Gasteiger partial charge in [0.1, 0.15) is 0 Å². The second kappa shape index (κ2) is 7.54. The molecule has 1 fully saturated rings. The Balaban J connectivity index is 1.49. The molecule has 22 heavy (non-hydrogen) atoms. The van der Waals surface area contributed by atoms with E-state index in [1.807, 2.05) is 16.8 Å². The van der Waals surface area contributed by atoms with Gasteiger partial charge in [-0.05, 0) is 22.6 Å². The Morgan fingerprint density at radius 1 is 1.14 bits per heavy atom. The van der Waals surface area contributed by atoms with Crippen molar-refractivity contribution in [3.63, 3.8) is 0 Å². The van der Waals surface area contributed by atoms with Crippen molar-refractivity contribution in [2.75, 3.05) is 26.3 Å². The summed E-state index contributed by atoms with van der Waals surface area (Å²) in [5, 5.41) is 6.72. The summed E-state index contributed by atoms with van der Waals surface area (Å²) in [7, 11) is 0. The highest BCUT2D eigenvalue weighted by molar-refractivity contribution is 7.08. The van der Waals surface area contributed by atoms with E-state index in [1.165, 1.54) is 16.9 Å². The number of carbonyl (C=O) groups excluding carboxylic acids is 1. The van der Waals surface area contributed by atoms with Crippen molar-refractivity contribution < 1.29 is 9.53 Å². The summed E-state index contributed by atoms with van der Waals surface area (Å²) in [6.45, 7) is 5.17. The quantitative estimate of drug-likeness (QED) is 0.921. The molecule has 1 amide bonds. The van der Waals surface area contributed by atoms with E-state index in [9.17, 15) is 4.79 Å². The van der Waals surface area contributed by atoms with Gasteiger partial charge in [-0.15, -0.1) is 0 Å². The predicted octanol–water partition coefficient (Wildman–Crippen LogP) is 2.51. The van der Waals surface area contributed by atoms with Gasteiger partial charge in [0.15, 0.2) is 0 Å². The first-order chi connectivity index (χ1) is 10.8. The van der Waals surface area contributed by atoms with E-state index in [1.54, 1.807) is 0 Å². The molecular weight excluding hydrogens is 296 g/mol. The zero-order chi connectivity index (χ0) is 15.2. The molecule has 0 unspecified atom stereocenters. The number of morpholine rings is 1. The molecule has 1 aromatic carbocycles. The van der Waals surface area contributed by atoms with Crippen molar-refractivity contribution in [3.05, 3.63) is 57.8 Å². The van der Waals surface area contributed by atoms with Crippen LogP contribution in [0, 0.1) is 0 Å². The number of rotatable bonds is 5. The van der Waals surface area contributed by atoms with Gasteiger partial charge in [-0.25, -0.2) is 0 Å². The van der Waals surface area contributed by atoms with Crippen LogP contribution in [0.4, 0.5) is 0 Å². The van der Waals surface area contributed by atoms with E-state index in [0.29, 0.717) is 6.54 Å². The van der Waals surface area contributed by atoms with Gasteiger partial charge in [-0.2, -0.15) is 11.3 Å². The Bertz CT molecular complexity index is 590. The molecule has 0 bridgehead atoms. The first-order valence-electron chi connectivity index (χ1n) is 7.49. The molecule has 1 aromatic heterocycles. The lowest BCUT2D eigenvalue weighted by molar-refractivity contribution is 0.0342. The summed E-state index contributed by atoms with van der Waals surface area (Å²) < 4.78 is 5.36. The SMILES string of the molecule is O=C(NCc1ccc(CN2CCOCC2)cc1)c1ccsc1. The van der Waals surface area contributed by atoms with Crippen LogP contribution in [0.5, 0.6) is 0 Å². The van der Waals surface area contributed by atoms with Crippen LogP contribution in [0.25, 0.3) is 0 Å². The van der Waals surface area contributed by atoms with Gasteiger partial charge in [-0.3, -0.25) is 9.69 Å². The van der Waals surface area contributed by atoms with E-state index in [2.05, 4.69) is 34.5 Å². The molecule has 3 rings (SSSR count). The monoisotopic (exact) mass is 316 g/mol. The first kappa shape index (κ1) is 15.2. The maximum absolute atomic E-state index is 11.9. The van der Waals surface area contributed by atoms with Crippen LogP contribution in [0.2, 0.25) is 0 Å². The van der Waals surface area contributed by atoms with E-state index in [-0.39, 0.29) is 5.91 Å². The summed E-state index contributed by atoms with van der Waals surface area (Å²) in [6.07, 6.45) is 0. The third-order valence-electron chi connectivity index (χ3n) is 3.77. The molecule has 1 aliphatic heterocycles. The third-order valence-corrected chi connectivity index (χ3v) is 4.45. The number of thiophene rings is 1. The Kier molecular flexibility index (Phi) is 5.21. The van der Waals surface area contributed by atoms with Crippen molar-refractivity contribution in [3.8, 4) is 0 Å². The average molecular weight is 316 g/mol. The zero-order valence-electron chi connectivity index (χ0n) is 12.5. The maximum atomic E-state index is 11.9. The molecule has 0 atom stereocenters. The minimum atomic E-state index is -0.0151. The number of amides is 1. The van der Waals surface area contributed by atoms with Crippen LogP contribution in [-0.2, 0) is 17.8 Å². The van der Waals surface area contributed by atoms with Crippen LogP contribution in [0.3, 0.4) is 0 Å². The largest absolute Gasteiger partial charge is 0.379 e. The van der Waals surface area contributed by atoms with Crippen molar-refractivity contribution in [2.45, 2.75) is 13.1 Å². The smallest absolute Gasteiger partial charge is 0.252 e. The molecule has 2 heterocycles. The van der Waals surface area contributed by atoms with Crippen LogP contribution in [0.1, 0.15) is 21.5 Å². The van der Waals surface area contributed by atoms with Crippen LogP contribution in [0.15, 0.2) is 41.1 Å². The lowest BCUT2D eigenvalue weighted by Crippen LogP contribution is -2.35. The van der Waals surface area contributed by atoms with Gasteiger partial charge in [-0.1, -0.05) is 24.3 Å². The fourth-order valence-electron chi connectivity index (χ4n) is 2.46. The highest BCUT2D eigenvalue weighted by atomic mass is 32.1. The highest BCUT2D eigenvalue weighted by Crippen LogP contribution is 2.10. The topological polar surface area (TPSA) is 41.6 Å². The minimum Gasteiger partial charge on any atom is -0.379 e. The first-order valence-corrected chi connectivity index (χ1v) is 8.44. The van der Waals surface area contributed by atoms with Gasteiger partial charge in [0.2, 0.25) is 0 Å². The fraction of sp³-hybridized carbons (Fsp3) is 0.353. The summed E-state index contributed by atoms with van der Waals surface area (Å²) in [4.78, 5) is 14.3. The summed E-state index contributed by atoms with van der Waals surface area (Å²) in [6, 6.07) is 10.3. The van der Waals surface area contributed by atoms with Crippen LogP contribution < -0.4 is 5.32 Å². The number of hydrogen-bond donors (Lipinski definition) is 1. The lowest BCUT2D eigenvalue weighted by Gasteiger charge is -2.26. The van der Waals surface area contributed by atoms with Gasteiger partial charge in [0.05, 0.1) is 13.2 Å². The van der Waals surface area contributed by atoms with Crippen molar-refractivity contribution in [1.29, 1.82) is 0 Å². The van der Waals surface area contributed by atoms with Crippen LogP contribution in [-0.4, -0.2) is 37.1 Å². The molecule has 2 aromatic rings. The van der Waals surface area contributed by atoms with Gasteiger partial charge < -0.3 is 10.1 Å². The molecular formula is C17H20N2O2S. The number of ether oxygens (including phenoxy) is 1. The van der Waals surface area contributed by atoms with Gasteiger partial charge in [0, 0.05) is 37.1 Å². The molecule has 116 valence electrons. The van der Waals surface area contributed by atoms with Crippen LogP contribution >= 0.6 is 11.3 Å². The molecule has 0 radical (unpaired) electrons. The Morgan fingerprint density at radius 3 is 2.55 bits per heavy atom. The molecule has 1 N–H and O–H groups in total. The molecule has 0 spiro atoms. The Hall–Kier alpha value is -1.69. The Labute approximate surface area is 134 Å². The van der Waals surface area contributed by atoms with Crippen molar-refractivity contribution in [1.82, 2.24) is 10.2 Å². The second-order valence-electron chi connectivity index (χ2n) is 5.40. The third kappa shape index (κ3) is 4.16. The number of benzene rings is 1. The second-order valence-corrected chi connectivity index (χ2v) is 6.18. The number of hydrogen-bond acceptors (Lipinski definition) is 4. The number of nitrogens with one attached hydrogen (secondary N) is 1. The summed E-state index contributed by atoms with van der Waals surface area (Å²) >= 11 is 1.53. The van der Waals surface area contributed by atoms with E-state index < -0.39 is 0 Å². The fourth-order valence-corrected chi connectivity index (χ4v) is 3.09. The standard InChI is InChI=1S/C17H20N2O2S/c20-17(16-5-10-22-13-16)18-11-14-1-3-15(4-2-14)12-19-6-8-21-9-7-19/h1-5,10,13H,6-9,11-12H2,(H,18,20). The molecule has 0 saturated carbocycles. The summed E-state index contributed by atoms with van der Waals surface area (Å²) in [5.74, 6) is -0.0151. The maximum Gasteiger partial charge on any atom is 0.252 e. The van der Waals surface area contributed by atoms with Crippen molar-refractivity contribution >= 4 is 17.2 Å². The molecule has 1 saturated heterocycles. The van der Waals surface area contributed by atoms with E-state index >= 15 is 0 Å². The van der Waals surface area contributed by atoms with E-state index in [0.717, 1.165) is 44.0 Å². The highest BCUT2D eigenvalue weighted by Gasteiger charge is 2.10. The predicted molar refractivity (Wildman–Crippen MR) is 88.0 cm³/mol. The molecule has 4 nitrogen and oxygen atoms in total. The average Bonchev–Trinajstić information content (AvgIpc) is 3.09. The van der Waals surface area contributed by atoms with Gasteiger partial charge >= 0.3 is 0 Å². The zero-order valence-corrected chi connectivity index (χ0v) is 13.3. The summed E-state index contributed by atoms with van der Waals surface area (Å²) in [5.41, 5.74) is 3.15. The molecule has 0 aliphatic carbocycles. The number of carbonyl (C=O) groups is 1. The molecule has 1 aliphatic rings. The van der Waals surface area contributed by atoms with Gasteiger partial charge in [0.25, 0.3) is 5.91 Å². The lowest BCUT2D eigenvalue weighted by atomic mass is 10.1. The normalized spacial score (nSPS) is 15.6. The van der Waals surface area contributed by atoms with E-state index in [4.69, 9.17) is 4.74 Å². The molecule has 5 heteroatoms.